The van der Waals surface area contributed by atoms with Crippen molar-refractivity contribution in [3.8, 4) is 0 Å². The second kappa shape index (κ2) is 11.4. The molecule has 20 heavy (non-hydrogen) atoms. The summed E-state index contributed by atoms with van der Waals surface area (Å²) in [5.74, 6) is 0.684. The molecule has 3 N–H and O–H groups in total. The fourth-order valence-electron chi connectivity index (χ4n) is 2.13. The van der Waals surface area contributed by atoms with E-state index in [1.54, 1.807) is 4.90 Å². The lowest BCUT2D eigenvalue weighted by Gasteiger charge is -2.32. The zero-order valence-corrected chi connectivity index (χ0v) is 14.1. The van der Waals surface area contributed by atoms with Gasteiger partial charge in [0.05, 0.1) is 19.7 Å². The molecule has 0 spiro atoms. The lowest BCUT2D eigenvalue weighted by atomic mass is 10.1. The molecule has 0 amide bonds. The van der Waals surface area contributed by atoms with Gasteiger partial charge in [0.15, 0.2) is 5.96 Å². The smallest absolute Gasteiger partial charge is 0.251 e. The fraction of sp³-hybridized carbons (Fsp3) is 0.917. The van der Waals surface area contributed by atoms with Gasteiger partial charge in [0.1, 0.15) is 0 Å². The van der Waals surface area contributed by atoms with Crippen LogP contribution in [0.2, 0.25) is 0 Å². The molecule has 0 aliphatic carbocycles. The number of aliphatic hydroxyl groups is 1. The number of halogens is 3. The molecule has 0 aromatic heterocycles. The Labute approximate surface area is 136 Å². The standard InChI is InChI=1S/C12H24F2N4O.HI/c1-2-15-12(16-5-8-19)17-10-3-6-18(7-4-10)9-11(13)14;/h10-11,19H,2-9H2,1H3,(H2,15,16,17);1H. The van der Waals surface area contributed by atoms with E-state index >= 15 is 0 Å². The zero-order chi connectivity index (χ0) is 14.1. The van der Waals surface area contributed by atoms with Gasteiger partial charge in [-0.15, -0.1) is 24.0 Å². The Kier molecular flexibility index (Phi) is 11.3. The van der Waals surface area contributed by atoms with Crippen LogP contribution in [0.3, 0.4) is 0 Å². The number of nitrogens with zero attached hydrogens (tertiary/aromatic N) is 2. The molecule has 0 aromatic rings. The van der Waals surface area contributed by atoms with Gasteiger partial charge in [0.25, 0.3) is 6.43 Å². The SMILES string of the molecule is CCNC(=NCCO)NC1CCN(CC(F)F)CC1.I. The van der Waals surface area contributed by atoms with Crippen molar-refractivity contribution >= 4 is 29.9 Å². The van der Waals surface area contributed by atoms with Crippen molar-refractivity contribution in [3.05, 3.63) is 0 Å². The lowest BCUT2D eigenvalue weighted by molar-refractivity contribution is 0.0744. The van der Waals surface area contributed by atoms with Gasteiger partial charge < -0.3 is 15.7 Å². The monoisotopic (exact) mass is 406 g/mol. The van der Waals surface area contributed by atoms with Gasteiger partial charge in [0.2, 0.25) is 0 Å². The van der Waals surface area contributed by atoms with Crippen molar-refractivity contribution in [2.24, 2.45) is 4.99 Å². The topological polar surface area (TPSA) is 59.9 Å². The highest BCUT2D eigenvalue weighted by molar-refractivity contribution is 14.0. The summed E-state index contributed by atoms with van der Waals surface area (Å²) in [7, 11) is 0. The maximum atomic E-state index is 12.3. The van der Waals surface area contributed by atoms with Gasteiger partial charge in [-0.25, -0.2) is 8.78 Å². The Morgan fingerprint density at radius 2 is 2.05 bits per heavy atom. The average Bonchev–Trinajstić information content (AvgIpc) is 2.38. The van der Waals surface area contributed by atoms with E-state index in [-0.39, 0.29) is 43.2 Å². The first-order valence-corrected chi connectivity index (χ1v) is 6.82. The third kappa shape index (κ3) is 8.15. The van der Waals surface area contributed by atoms with Gasteiger partial charge in [0, 0.05) is 25.7 Å². The molecule has 1 rings (SSSR count). The minimum atomic E-state index is -2.26. The minimum Gasteiger partial charge on any atom is -0.394 e. The van der Waals surface area contributed by atoms with Crippen molar-refractivity contribution in [3.63, 3.8) is 0 Å². The van der Waals surface area contributed by atoms with Gasteiger partial charge in [-0.05, 0) is 19.8 Å². The Balaban J connectivity index is 0.00000361. The first kappa shape index (κ1) is 19.8. The molecule has 1 heterocycles. The maximum Gasteiger partial charge on any atom is 0.251 e. The van der Waals surface area contributed by atoms with E-state index in [1.165, 1.54) is 0 Å². The van der Waals surface area contributed by atoms with Crippen LogP contribution in [0, 0.1) is 0 Å². The van der Waals surface area contributed by atoms with Gasteiger partial charge >= 0.3 is 0 Å². The number of piperidine rings is 1. The molecule has 0 bridgehead atoms. The molecule has 5 nitrogen and oxygen atoms in total. The van der Waals surface area contributed by atoms with Crippen molar-refractivity contribution in [1.29, 1.82) is 0 Å². The lowest BCUT2D eigenvalue weighted by Crippen LogP contribution is -2.49. The molecule has 1 saturated heterocycles. The third-order valence-electron chi connectivity index (χ3n) is 3.04. The van der Waals surface area contributed by atoms with Crippen LogP contribution in [0.15, 0.2) is 4.99 Å². The largest absolute Gasteiger partial charge is 0.394 e. The van der Waals surface area contributed by atoms with Crippen LogP contribution < -0.4 is 10.6 Å². The number of alkyl halides is 2. The molecule has 0 atom stereocenters. The molecule has 0 unspecified atom stereocenters. The predicted molar refractivity (Wildman–Crippen MR) is 87.1 cm³/mol. The first-order valence-electron chi connectivity index (χ1n) is 6.82. The molecule has 1 aliphatic rings. The number of likely N-dealkylation sites (tertiary alicyclic amines) is 1. The summed E-state index contributed by atoms with van der Waals surface area (Å²) >= 11 is 0. The van der Waals surface area contributed by atoms with Crippen LogP contribution in [0.5, 0.6) is 0 Å². The van der Waals surface area contributed by atoms with Crippen molar-refractivity contribution in [1.82, 2.24) is 15.5 Å². The minimum absolute atomic E-state index is 0. The van der Waals surface area contributed by atoms with Crippen LogP contribution in [-0.4, -0.2) is 67.8 Å². The third-order valence-corrected chi connectivity index (χ3v) is 3.04. The van der Waals surface area contributed by atoms with Crippen LogP contribution in [0.25, 0.3) is 0 Å². The van der Waals surface area contributed by atoms with Crippen LogP contribution >= 0.6 is 24.0 Å². The molecule has 1 fully saturated rings. The van der Waals surface area contributed by atoms with Crippen LogP contribution in [0.1, 0.15) is 19.8 Å². The number of hydrogen-bond acceptors (Lipinski definition) is 3. The molecule has 0 radical (unpaired) electrons. The number of rotatable bonds is 6. The molecular weight excluding hydrogens is 381 g/mol. The van der Waals surface area contributed by atoms with Crippen LogP contribution in [-0.2, 0) is 0 Å². The number of nitrogens with one attached hydrogen (secondary N) is 2. The summed E-state index contributed by atoms with van der Waals surface area (Å²) < 4.78 is 24.5. The van der Waals surface area contributed by atoms with E-state index < -0.39 is 6.43 Å². The highest BCUT2D eigenvalue weighted by Crippen LogP contribution is 2.11. The zero-order valence-electron chi connectivity index (χ0n) is 11.8. The van der Waals surface area contributed by atoms with E-state index in [9.17, 15) is 8.78 Å². The highest BCUT2D eigenvalue weighted by atomic mass is 127. The number of guanidine groups is 1. The molecule has 1 aliphatic heterocycles. The summed E-state index contributed by atoms with van der Waals surface area (Å²) in [5, 5.41) is 15.1. The van der Waals surface area contributed by atoms with E-state index in [4.69, 9.17) is 5.11 Å². The summed E-state index contributed by atoms with van der Waals surface area (Å²) in [4.78, 5) is 6.00. The van der Waals surface area contributed by atoms with Gasteiger partial charge in [-0.2, -0.15) is 0 Å². The van der Waals surface area contributed by atoms with E-state index in [0.29, 0.717) is 25.6 Å². The summed E-state index contributed by atoms with van der Waals surface area (Å²) in [6.07, 6.45) is -0.597. The number of hydrogen-bond donors (Lipinski definition) is 3. The number of aliphatic hydroxyl groups excluding tert-OH is 1. The van der Waals surface area contributed by atoms with Gasteiger partial charge in [-0.1, -0.05) is 0 Å². The van der Waals surface area contributed by atoms with E-state index in [1.807, 2.05) is 6.92 Å². The highest BCUT2D eigenvalue weighted by Gasteiger charge is 2.21. The predicted octanol–water partition coefficient (Wildman–Crippen LogP) is 0.881. The molecule has 8 heteroatoms. The van der Waals surface area contributed by atoms with Crippen molar-refractivity contribution in [2.75, 3.05) is 39.3 Å². The molecular formula is C12H25F2IN4O. The fourth-order valence-corrected chi connectivity index (χ4v) is 2.13. The van der Waals surface area contributed by atoms with E-state index in [2.05, 4.69) is 15.6 Å². The van der Waals surface area contributed by atoms with Crippen LogP contribution in [0.4, 0.5) is 8.78 Å². The van der Waals surface area contributed by atoms with E-state index in [0.717, 1.165) is 19.4 Å². The second-order valence-electron chi connectivity index (χ2n) is 4.59. The Bertz CT molecular complexity index is 274. The first-order chi connectivity index (χ1) is 9.15. The second-order valence-corrected chi connectivity index (χ2v) is 4.59. The number of aliphatic imine (C=N–C) groups is 1. The maximum absolute atomic E-state index is 12.3. The quantitative estimate of drug-likeness (QED) is 0.348. The average molecular weight is 406 g/mol. The Hall–Kier alpha value is -0.220. The Morgan fingerprint density at radius 1 is 1.40 bits per heavy atom. The molecule has 120 valence electrons. The normalized spacial score (nSPS) is 17.9. The summed E-state index contributed by atoms with van der Waals surface area (Å²) in [6.45, 7) is 4.33. The molecule has 0 aromatic carbocycles. The summed E-state index contributed by atoms with van der Waals surface area (Å²) in [6, 6.07) is 0.255. The Morgan fingerprint density at radius 3 is 2.55 bits per heavy atom. The van der Waals surface area contributed by atoms with Gasteiger partial charge in [-0.3, -0.25) is 9.89 Å². The van der Waals surface area contributed by atoms with Crippen molar-refractivity contribution < 1.29 is 13.9 Å². The summed E-state index contributed by atoms with van der Waals surface area (Å²) in [5.41, 5.74) is 0. The molecule has 0 saturated carbocycles. The van der Waals surface area contributed by atoms with Crippen molar-refractivity contribution in [2.45, 2.75) is 32.2 Å².